The third kappa shape index (κ3) is 4.47. The molecule has 0 radical (unpaired) electrons. The maximum absolute atomic E-state index is 12.3. The summed E-state index contributed by atoms with van der Waals surface area (Å²) in [7, 11) is 0. The summed E-state index contributed by atoms with van der Waals surface area (Å²) in [5, 5.41) is 3.95. The van der Waals surface area contributed by atoms with E-state index >= 15 is 0 Å². The number of hydrogen-bond acceptors (Lipinski definition) is 7. The second-order valence-electron chi connectivity index (χ2n) is 8.39. The van der Waals surface area contributed by atoms with E-state index in [9.17, 15) is 4.79 Å². The van der Waals surface area contributed by atoms with Crippen LogP contribution >= 0.6 is 11.6 Å². The van der Waals surface area contributed by atoms with Crippen LogP contribution in [-0.2, 0) is 11.3 Å². The van der Waals surface area contributed by atoms with Gasteiger partial charge in [0.05, 0.1) is 17.6 Å². The Hall–Kier alpha value is -2.35. The molecule has 0 saturated carbocycles. The monoisotopic (exact) mass is 422 g/mol. The molecule has 9 heteroatoms. The third-order valence-electron chi connectivity index (χ3n) is 4.97. The van der Waals surface area contributed by atoms with E-state index in [1.807, 2.05) is 32.9 Å². The van der Waals surface area contributed by atoms with Crippen LogP contribution in [0.1, 0.15) is 26.3 Å². The molecule has 1 amide bonds. The summed E-state index contributed by atoms with van der Waals surface area (Å²) in [5.74, 6) is 2.14. The number of halogens is 1. The summed E-state index contributed by atoms with van der Waals surface area (Å²) in [4.78, 5) is 21.0. The number of benzene rings is 1. The largest absolute Gasteiger partial charge is 0.486 e. The lowest BCUT2D eigenvalue weighted by Crippen LogP contribution is -2.57. The maximum atomic E-state index is 12.3. The molecule has 1 atom stereocenters. The van der Waals surface area contributed by atoms with Crippen LogP contribution in [0.25, 0.3) is 0 Å². The molecule has 0 bridgehead atoms. The van der Waals surface area contributed by atoms with Crippen molar-refractivity contribution in [1.29, 1.82) is 0 Å². The molecule has 1 fully saturated rings. The van der Waals surface area contributed by atoms with E-state index in [-0.39, 0.29) is 12.1 Å². The number of fused-ring (bicyclic) bond motifs is 2. The number of amides is 1. The van der Waals surface area contributed by atoms with Gasteiger partial charge in [-0.1, -0.05) is 11.6 Å². The highest BCUT2D eigenvalue weighted by molar-refractivity contribution is 6.32. The first-order valence-electron chi connectivity index (χ1n) is 9.91. The normalized spacial score (nSPS) is 20.8. The highest BCUT2D eigenvalue weighted by Crippen LogP contribution is 2.38. The molecule has 1 N–H and O–H groups in total. The van der Waals surface area contributed by atoms with Crippen LogP contribution in [-0.4, -0.2) is 72.9 Å². The van der Waals surface area contributed by atoms with Crippen LogP contribution in [0.2, 0.25) is 5.02 Å². The quantitative estimate of drug-likeness (QED) is 0.789. The summed E-state index contributed by atoms with van der Waals surface area (Å²) in [5.41, 5.74) is 0.510. The minimum atomic E-state index is -0.488. The lowest BCUT2D eigenvalue weighted by atomic mass is 10.2. The zero-order chi connectivity index (χ0) is 20.6. The molecule has 4 rings (SSSR count). The second kappa shape index (κ2) is 7.82. The lowest BCUT2D eigenvalue weighted by molar-refractivity contribution is 0.0137. The predicted molar refractivity (Wildman–Crippen MR) is 110 cm³/mol. The van der Waals surface area contributed by atoms with Crippen LogP contribution in [0.3, 0.4) is 0 Å². The van der Waals surface area contributed by atoms with Gasteiger partial charge >= 0.3 is 6.09 Å². The fourth-order valence-corrected chi connectivity index (χ4v) is 3.96. The van der Waals surface area contributed by atoms with E-state index in [0.29, 0.717) is 55.9 Å². The van der Waals surface area contributed by atoms with Gasteiger partial charge < -0.3 is 29.3 Å². The molecule has 1 saturated heterocycles. The number of guanidine groups is 1. The zero-order valence-corrected chi connectivity index (χ0v) is 17.8. The van der Waals surface area contributed by atoms with Crippen molar-refractivity contribution < 1.29 is 19.0 Å². The van der Waals surface area contributed by atoms with Crippen molar-refractivity contribution in [3.63, 3.8) is 0 Å². The van der Waals surface area contributed by atoms with Crippen molar-refractivity contribution in [3.8, 4) is 11.5 Å². The van der Waals surface area contributed by atoms with E-state index in [1.165, 1.54) is 0 Å². The topological polar surface area (TPSA) is 75.6 Å². The molecule has 8 nitrogen and oxygen atoms in total. The first-order chi connectivity index (χ1) is 13.8. The Balaban J connectivity index is 1.33. The molecule has 158 valence electrons. The zero-order valence-electron chi connectivity index (χ0n) is 17.0. The number of nitrogens with zero attached hydrogens (tertiary/aromatic N) is 3. The van der Waals surface area contributed by atoms with Gasteiger partial charge in [-0.25, -0.2) is 4.79 Å². The van der Waals surface area contributed by atoms with Crippen molar-refractivity contribution in [1.82, 2.24) is 15.1 Å². The standard InChI is InChI=1S/C20H27ClN4O4/c1-20(2,3)29-19(26)24-4-5-25-14(12-24)11-23-18(25)22-10-13-8-15(21)17-16(9-13)27-6-7-28-17/h8-9,14H,4-7,10-12H2,1-3H3,(H,22,23). The molecule has 0 spiro atoms. The SMILES string of the molecule is CC(C)(C)OC(=O)N1CCN2C(NCc3cc(Cl)c4c(c3)OCCO4)=NCC2C1. The molecule has 1 aromatic rings. The second-order valence-corrected chi connectivity index (χ2v) is 8.80. The summed E-state index contributed by atoms with van der Waals surface area (Å²) in [6.45, 7) is 9.86. The summed E-state index contributed by atoms with van der Waals surface area (Å²) >= 11 is 6.32. The van der Waals surface area contributed by atoms with Crippen LogP contribution in [0.15, 0.2) is 17.1 Å². The number of piperazine rings is 1. The fourth-order valence-electron chi connectivity index (χ4n) is 3.67. The first-order valence-corrected chi connectivity index (χ1v) is 10.3. The first kappa shape index (κ1) is 19.9. The van der Waals surface area contributed by atoms with Gasteiger partial charge in [-0.3, -0.25) is 4.99 Å². The molecule has 0 aliphatic carbocycles. The van der Waals surface area contributed by atoms with Crippen LogP contribution < -0.4 is 14.8 Å². The molecule has 1 unspecified atom stereocenters. The number of aliphatic imine (C=N–C) groups is 1. The Bertz CT molecular complexity index is 823. The third-order valence-corrected chi connectivity index (χ3v) is 5.25. The lowest BCUT2D eigenvalue weighted by Gasteiger charge is -2.39. The minimum absolute atomic E-state index is 0.169. The summed E-state index contributed by atoms with van der Waals surface area (Å²) in [6.07, 6.45) is -0.260. The van der Waals surface area contributed by atoms with Gasteiger partial charge in [-0.05, 0) is 38.5 Å². The Morgan fingerprint density at radius 2 is 2.10 bits per heavy atom. The van der Waals surface area contributed by atoms with Crippen molar-refractivity contribution in [2.75, 3.05) is 39.4 Å². The summed E-state index contributed by atoms with van der Waals surface area (Å²) < 4.78 is 16.7. The average Bonchev–Trinajstić information content (AvgIpc) is 3.07. The van der Waals surface area contributed by atoms with Gasteiger partial charge in [-0.15, -0.1) is 0 Å². The Labute approximate surface area is 175 Å². The predicted octanol–water partition coefficient (Wildman–Crippen LogP) is 2.49. The highest BCUT2D eigenvalue weighted by Gasteiger charge is 2.36. The van der Waals surface area contributed by atoms with Crippen molar-refractivity contribution >= 4 is 23.7 Å². The molecule has 3 aliphatic heterocycles. The van der Waals surface area contributed by atoms with Gasteiger partial charge in [0, 0.05) is 26.2 Å². The average molecular weight is 423 g/mol. The van der Waals surface area contributed by atoms with Gasteiger partial charge in [0.1, 0.15) is 18.8 Å². The molecular weight excluding hydrogens is 396 g/mol. The van der Waals surface area contributed by atoms with E-state index in [2.05, 4.69) is 15.2 Å². The highest BCUT2D eigenvalue weighted by atomic mass is 35.5. The van der Waals surface area contributed by atoms with Crippen molar-refractivity contribution in [2.24, 2.45) is 4.99 Å². The molecule has 0 aromatic heterocycles. The molecular formula is C20H27ClN4O4. The van der Waals surface area contributed by atoms with Gasteiger partial charge in [0.2, 0.25) is 0 Å². The van der Waals surface area contributed by atoms with Crippen molar-refractivity contribution in [2.45, 2.75) is 39.0 Å². The van der Waals surface area contributed by atoms with E-state index in [4.69, 9.17) is 25.8 Å². The van der Waals surface area contributed by atoms with Gasteiger partial charge in [0.25, 0.3) is 0 Å². The number of nitrogens with one attached hydrogen (secondary N) is 1. The van der Waals surface area contributed by atoms with Crippen molar-refractivity contribution in [3.05, 3.63) is 22.7 Å². The number of carbonyl (C=O) groups excluding carboxylic acids is 1. The smallest absolute Gasteiger partial charge is 0.410 e. The number of ether oxygens (including phenoxy) is 3. The molecule has 3 heterocycles. The minimum Gasteiger partial charge on any atom is -0.486 e. The number of carbonyl (C=O) groups is 1. The fraction of sp³-hybridized carbons (Fsp3) is 0.600. The number of rotatable bonds is 2. The van der Waals surface area contributed by atoms with Crippen LogP contribution in [0.5, 0.6) is 11.5 Å². The Kier molecular flexibility index (Phi) is 5.38. The number of hydrogen-bond donors (Lipinski definition) is 1. The van der Waals surface area contributed by atoms with Gasteiger partial charge in [-0.2, -0.15) is 0 Å². The Morgan fingerprint density at radius 3 is 2.90 bits per heavy atom. The van der Waals surface area contributed by atoms with Gasteiger partial charge in [0.15, 0.2) is 17.5 Å². The molecule has 3 aliphatic rings. The van der Waals surface area contributed by atoms with E-state index in [0.717, 1.165) is 18.1 Å². The maximum Gasteiger partial charge on any atom is 0.410 e. The summed E-state index contributed by atoms with van der Waals surface area (Å²) in [6, 6.07) is 4.00. The molecule has 1 aromatic carbocycles. The Morgan fingerprint density at radius 1 is 1.31 bits per heavy atom. The molecule has 29 heavy (non-hydrogen) atoms. The van der Waals surface area contributed by atoms with E-state index < -0.39 is 5.60 Å². The van der Waals surface area contributed by atoms with E-state index in [1.54, 1.807) is 4.90 Å². The van der Waals surface area contributed by atoms with Crippen LogP contribution in [0, 0.1) is 0 Å². The van der Waals surface area contributed by atoms with Crippen LogP contribution in [0.4, 0.5) is 4.79 Å².